The zero-order chi connectivity index (χ0) is 9.35. The largest absolute Gasteiger partial charge is 0.508 e. The zero-order valence-corrected chi connectivity index (χ0v) is 7.02. The van der Waals surface area contributed by atoms with Crippen molar-refractivity contribution in [2.75, 3.05) is 0 Å². The number of aliphatic hydroxyl groups excluding tert-OH is 1. The Morgan fingerprint density at radius 2 is 2.25 bits per heavy atom. The number of aliphatic hydroxyl groups is 1. The first-order chi connectivity index (χ1) is 5.43. The number of rotatable bonds is 1. The molecule has 0 fully saturated rings. The van der Waals surface area contributed by atoms with Crippen LogP contribution in [0.15, 0.2) is 24.0 Å². The lowest BCUT2D eigenvalue weighted by atomic mass is 9.81. The number of allylic oxidation sites excluding steroid dienone is 1. The SMILES string of the molecule is CC1(C)C=CC(O)=CC1[N+](=O)[O-]. The van der Waals surface area contributed by atoms with Gasteiger partial charge in [-0.2, -0.15) is 0 Å². The minimum Gasteiger partial charge on any atom is -0.508 e. The van der Waals surface area contributed by atoms with Gasteiger partial charge in [0.2, 0.25) is 6.04 Å². The smallest absolute Gasteiger partial charge is 0.243 e. The fourth-order valence-corrected chi connectivity index (χ4v) is 1.16. The van der Waals surface area contributed by atoms with E-state index in [2.05, 4.69) is 0 Å². The van der Waals surface area contributed by atoms with E-state index in [1.54, 1.807) is 19.9 Å². The predicted molar refractivity (Wildman–Crippen MR) is 44.4 cm³/mol. The highest BCUT2D eigenvalue weighted by Crippen LogP contribution is 2.29. The van der Waals surface area contributed by atoms with Crippen molar-refractivity contribution in [3.05, 3.63) is 34.1 Å². The lowest BCUT2D eigenvalue weighted by molar-refractivity contribution is -0.524. The lowest BCUT2D eigenvalue weighted by Gasteiger charge is -2.24. The van der Waals surface area contributed by atoms with Crippen molar-refractivity contribution in [2.45, 2.75) is 19.9 Å². The van der Waals surface area contributed by atoms with Crippen molar-refractivity contribution in [3.8, 4) is 0 Å². The van der Waals surface area contributed by atoms with Gasteiger partial charge >= 0.3 is 0 Å². The molecule has 1 unspecified atom stereocenters. The summed E-state index contributed by atoms with van der Waals surface area (Å²) in [6.45, 7) is 3.53. The van der Waals surface area contributed by atoms with Crippen molar-refractivity contribution in [3.63, 3.8) is 0 Å². The third-order valence-corrected chi connectivity index (χ3v) is 2.00. The average molecular weight is 169 g/mol. The van der Waals surface area contributed by atoms with E-state index in [0.717, 1.165) is 0 Å². The van der Waals surface area contributed by atoms with E-state index < -0.39 is 11.5 Å². The highest BCUT2D eigenvalue weighted by atomic mass is 16.6. The molecule has 4 heteroatoms. The van der Waals surface area contributed by atoms with E-state index in [1.165, 1.54) is 12.2 Å². The molecule has 0 aromatic heterocycles. The summed E-state index contributed by atoms with van der Waals surface area (Å²) in [7, 11) is 0. The van der Waals surface area contributed by atoms with E-state index in [1.807, 2.05) is 0 Å². The molecule has 0 aromatic carbocycles. The Bertz CT molecular complexity index is 265. The Morgan fingerprint density at radius 1 is 1.67 bits per heavy atom. The van der Waals surface area contributed by atoms with Crippen LogP contribution >= 0.6 is 0 Å². The summed E-state index contributed by atoms with van der Waals surface area (Å²) >= 11 is 0. The first kappa shape index (κ1) is 8.77. The van der Waals surface area contributed by atoms with E-state index in [4.69, 9.17) is 5.11 Å². The minimum absolute atomic E-state index is 0.0315. The molecule has 0 amide bonds. The van der Waals surface area contributed by atoms with Gasteiger partial charge in [0, 0.05) is 11.0 Å². The second kappa shape index (κ2) is 2.62. The molecule has 0 aromatic rings. The van der Waals surface area contributed by atoms with Gasteiger partial charge in [-0.1, -0.05) is 6.08 Å². The maximum atomic E-state index is 10.5. The quantitative estimate of drug-likeness (QED) is 0.479. The molecule has 4 nitrogen and oxygen atoms in total. The predicted octanol–water partition coefficient (Wildman–Crippen LogP) is 1.67. The summed E-state index contributed by atoms with van der Waals surface area (Å²) in [5.74, 6) is -0.0315. The molecule has 0 bridgehead atoms. The Morgan fingerprint density at radius 3 is 2.67 bits per heavy atom. The standard InChI is InChI=1S/C8H11NO3/c1-8(2)4-3-6(10)5-7(8)9(11)12/h3-5,7,10H,1-2H3. The summed E-state index contributed by atoms with van der Waals surface area (Å²) in [4.78, 5) is 10.1. The maximum Gasteiger partial charge on any atom is 0.243 e. The van der Waals surface area contributed by atoms with Gasteiger partial charge in [0.25, 0.3) is 0 Å². The van der Waals surface area contributed by atoms with Gasteiger partial charge in [-0.3, -0.25) is 10.1 Å². The first-order valence-electron chi connectivity index (χ1n) is 3.67. The molecule has 1 rings (SSSR count). The van der Waals surface area contributed by atoms with Crippen LogP contribution in [0.3, 0.4) is 0 Å². The maximum absolute atomic E-state index is 10.5. The number of nitro groups is 1. The van der Waals surface area contributed by atoms with Gasteiger partial charge in [-0.15, -0.1) is 0 Å². The fourth-order valence-electron chi connectivity index (χ4n) is 1.16. The fraction of sp³-hybridized carbons (Fsp3) is 0.500. The van der Waals surface area contributed by atoms with Gasteiger partial charge < -0.3 is 5.11 Å². The van der Waals surface area contributed by atoms with Crippen LogP contribution in [-0.2, 0) is 0 Å². The topological polar surface area (TPSA) is 63.4 Å². The normalized spacial score (nSPS) is 26.5. The Kier molecular flexibility index (Phi) is 1.92. The van der Waals surface area contributed by atoms with Crippen LogP contribution in [0.2, 0.25) is 0 Å². The second-order valence-corrected chi connectivity index (χ2v) is 3.48. The molecule has 1 aliphatic rings. The van der Waals surface area contributed by atoms with Gasteiger partial charge in [-0.05, 0) is 19.9 Å². The molecule has 0 spiro atoms. The van der Waals surface area contributed by atoms with Crippen molar-refractivity contribution < 1.29 is 10.0 Å². The second-order valence-electron chi connectivity index (χ2n) is 3.48. The summed E-state index contributed by atoms with van der Waals surface area (Å²) < 4.78 is 0. The molecule has 1 atom stereocenters. The van der Waals surface area contributed by atoms with Crippen LogP contribution in [0.4, 0.5) is 0 Å². The van der Waals surface area contributed by atoms with Crippen LogP contribution in [0.25, 0.3) is 0 Å². The number of hydrogen-bond donors (Lipinski definition) is 1. The average Bonchev–Trinajstić information content (AvgIpc) is 1.94. The molecule has 12 heavy (non-hydrogen) atoms. The third kappa shape index (κ3) is 1.47. The van der Waals surface area contributed by atoms with Crippen LogP contribution in [0.5, 0.6) is 0 Å². The Hall–Kier alpha value is -1.32. The van der Waals surface area contributed by atoms with Crippen LogP contribution < -0.4 is 0 Å². The van der Waals surface area contributed by atoms with Crippen molar-refractivity contribution in [1.82, 2.24) is 0 Å². The minimum atomic E-state index is -0.831. The Balaban J connectivity index is 2.98. The van der Waals surface area contributed by atoms with E-state index >= 15 is 0 Å². The van der Waals surface area contributed by atoms with E-state index in [9.17, 15) is 10.1 Å². The number of hydrogen-bond acceptors (Lipinski definition) is 3. The molecule has 66 valence electrons. The van der Waals surface area contributed by atoms with Crippen LogP contribution in [0, 0.1) is 15.5 Å². The molecular weight excluding hydrogens is 158 g/mol. The summed E-state index contributed by atoms with van der Waals surface area (Å²) in [5, 5.41) is 19.6. The molecule has 0 saturated carbocycles. The van der Waals surface area contributed by atoms with Gasteiger partial charge in [0.05, 0.1) is 5.41 Å². The summed E-state index contributed by atoms with van der Waals surface area (Å²) in [6, 6.07) is -0.831. The van der Waals surface area contributed by atoms with E-state index in [0.29, 0.717) is 0 Å². The highest BCUT2D eigenvalue weighted by Gasteiger charge is 2.37. The molecule has 0 heterocycles. The van der Waals surface area contributed by atoms with E-state index in [-0.39, 0.29) is 10.7 Å². The van der Waals surface area contributed by atoms with Crippen molar-refractivity contribution in [2.24, 2.45) is 5.41 Å². The number of nitrogens with zero attached hydrogens (tertiary/aromatic N) is 1. The van der Waals surface area contributed by atoms with Crippen molar-refractivity contribution >= 4 is 0 Å². The zero-order valence-electron chi connectivity index (χ0n) is 7.02. The molecule has 0 aliphatic heterocycles. The van der Waals surface area contributed by atoms with Crippen molar-refractivity contribution in [1.29, 1.82) is 0 Å². The highest BCUT2D eigenvalue weighted by molar-refractivity contribution is 5.23. The molecule has 1 N–H and O–H groups in total. The Labute approximate surface area is 70.4 Å². The van der Waals surface area contributed by atoms with Gasteiger partial charge in [0.1, 0.15) is 5.76 Å². The third-order valence-electron chi connectivity index (χ3n) is 2.00. The van der Waals surface area contributed by atoms with Gasteiger partial charge in [0.15, 0.2) is 0 Å². The summed E-state index contributed by atoms with van der Waals surface area (Å²) in [5.41, 5.74) is -0.518. The molecular formula is C8H11NO3. The molecule has 0 radical (unpaired) electrons. The lowest BCUT2D eigenvalue weighted by Crippen LogP contribution is -2.34. The first-order valence-corrected chi connectivity index (χ1v) is 3.67. The van der Waals surface area contributed by atoms with Gasteiger partial charge in [-0.25, -0.2) is 0 Å². The monoisotopic (exact) mass is 169 g/mol. The van der Waals surface area contributed by atoms with Crippen LogP contribution in [0.1, 0.15) is 13.8 Å². The molecule has 0 saturated heterocycles. The molecule has 1 aliphatic carbocycles. The summed E-state index contributed by atoms with van der Waals surface area (Å²) in [6.07, 6.45) is 4.40. The van der Waals surface area contributed by atoms with Crippen LogP contribution in [-0.4, -0.2) is 16.1 Å².